The van der Waals surface area contributed by atoms with Gasteiger partial charge in [-0.15, -0.1) is 0 Å². The summed E-state index contributed by atoms with van der Waals surface area (Å²) in [6.07, 6.45) is 3.25. The summed E-state index contributed by atoms with van der Waals surface area (Å²) in [5, 5.41) is 8.43. The average molecular weight is 452 g/mol. The van der Waals surface area contributed by atoms with E-state index in [-0.39, 0.29) is 48.8 Å². The van der Waals surface area contributed by atoms with E-state index in [1.54, 1.807) is 23.2 Å². The summed E-state index contributed by atoms with van der Waals surface area (Å²) in [5.74, 6) is -0.481. The molecule has 0 unspecified atom stereocenters. The molecule has 3 amide bonds. The van der Waals surface area contributed by atoms with Crippen molar-refractivity contribution in [3.05, 3.63) is 59.5 Å². The Hall–Kier alpha value is -3.62. The van der Waals surface area contributed by atoms with E-state index >= 15 is 0 Å². The maximum atomic E-state index is 13.1. The molecule has 0 radical (unpaired) electrons. The first-order valence-corrected chi connectivity index (χ1v) is 11.0. The van der Waals surface area contributed by atoms with E-state index in [9.17, 15) is 18.8 Å². The summed E-state index contributed by atoms with van der Waals surface area (Å²) in [6.45, 7) is 3.01. The number of nitrogens with one attached hydrogen (secondary N) is 1. The average Bonchev–Trinajstić information content (AvgIpc) is 2.81. The first-order chi connectivity index (χ1) is 15.9. The first kappa shape index (κ1) is 22.6. The molecule has 33 heavy (non-hydrogen) atoms. The van der Waals surface area contributed by atoms with Gasteiger partial charge in [-0.3, -0.25) is 14.4 Å². The van der Waals surface area contributed by atoms with Crippen molar-refractivity contribution in [2.24, 2.45) is 11.0 Å². The van der Waals surface area contributed by atoms with Crippen molar-refractivity contribution in [3.8, 4) is 0 Å². The van der Waals surface area contributed by atoms with E-state index in [1.165, 1.54) is 17.1 Å². The van der Waals surface area contributed by atoms with Crippen molar-refractivity contribution in [1.82, 2.24) is 14.9 Å². The molecular formula is C24H26FN5O3. The number of aryl methyl sites for hydroxylation is 1. The molecule has 0 spiro atoms. The zero-order valence-corrected chi connectivity index (χ0v) is 18.5. The Morgan fingerprint density at radius 1 is 1.12 bits per heavy atom. The SMILES string of the molecule is Cc1ccnc(NC(=O)C2CCN(C(=O)C3=NN(Cc4ccc(F)cc4)C(=O)CC3)CC2)c1. The van der Waals surface area contributed by atoms with E-state index in [1.807, 2.05) is 19.1 Å². The van der Waals surface area contributed by atoms with Crippen LogP contribution in [-0.2, 0) is 20.9 Å². The smallest absolute Gasteiger partial charge is 0.270 e. The Bertz CT molecular complexity index is 1080. The zero-order valence-electron chi connectivity index (χ0n) is 18.5. The molecule has 2 aliphatic heterocycles. The van der Waals surface area contributed by atoms with Gasteiger partial charge in [0.1, 0.15) is 17.3 Å². The van der Waals surface area contributed by atoms with Crippen molar-refractivity contribution < 1.29 is 18.8 Å². The normalized spacial score (nSPS) is 17.0. The number of hydrogen-bond acceptors (Lipinski definition) is 5. The van der Waals surface area contributed by atoms with Gasteiger partial charge < -0.3 is 10.2 Å². The number of anilines is 1. The molecule has 0 aliphatic carbocycles. The predicted molar refractivity (Wildman–Crippen MR) is 121 cm³/mol. The fourth-order valence-electron chi connectivity index (χ4n) is 4.00. The second kappa shape index (κ2) is 9.89. The number of carbonyl (C=O) groups excluding carboxylic acids is 3. The van der Waals surface area contributed by atoms with Gasteiger partial charge in [-0.1, -0.05) is 12.1 Å². The van der Waals surface area contributed by atoms with Crippen LogP contribution >= 0.6 is 0 Å². The van der Waals surface area contributed by atoms with Crippen molar-refractivity contribution >= 4 is 29.3 Å². The van der Waals surface area contributed by atoms with Crippen LogP contribution < -0.4 is 5.32 Å². The van der Waals surface area contributed by atoms with Crippen molar-refractivity contribution in [2.75, 3.05) is 18.4 Å². The molecule has 0 bridgehead atoms. The summed E-state index contributed by atoms with van der Waals surface area (Å²) in [7, 11) is 0. The molecule has 1 fully saturated rings. The Kier molecular flexibility index (Phi) is 6.76. The molecule has 3 heterocycles. The van der Waals surface area contributed by atoms with Crippen LogP contribution in [0, 0.1) is 18.7 Å². The fourth-order valence-corrected chi connectivity index (χ4v) is 4.00. The van der Waals surface area contributed by atoms with E-state index in [0.717, 1.165) is 11.1 Å². The third-order valence-corrected chi connectivity index (χ3v) is 5.92. The van der Waals surface area contributed by atoms with Crippen LogP contribution in [0.5, 0.6) is 0 Å². The lowest BCUT2D eigenvalue weighted by Crippen LogP contribution is -2.46. The highest BCUT2D eigenvalue weighted by molar-refractivity contribution is 6.39. The molecule has 1 N–H and O–H groups in total. The Labute approximate surface area is 191 Å². The van der Waals surface area contributed by atoms with Crippen LogP contribution in [0.25, 0.3) is 0 Å². The summed E-state index contributed by atoms with van der Waals surface area (Å²) in [4.78, 5) is 43.7. The Morgan fingerprint density at radius 3 is 2.55 bits per heavy atom. The van der Waals surface area contributed by atoms with Gasteiger partial charge in [-0.2, -0.15) is 5.10 Å². The monoisotopic (exact) mass is 451 g/mol. The third-order valence-electron chi connectivity index (χ3n) is 5.92. The lowest BCUT2D eigenvalue weighted by atomic mass is 9.95. The minimum atomic E-state index is -0.352. The summed E-state index contributed by atoms with van der Waals surface area (Å²) >= 11 is 0. The first-order valence-electron chi connectivity index (χ1n) is 11.0. The van der Waals surface area contributed by atoms with Crippen molar-refractivity contribution in [1.29, 1.82) is 0 Å². The van der Waals surface area contributed by atoms with Gasteiger partial charge in [-0.25, -0.2) is 14.4 Å². The van der Waals surface area contributed by atoms with Crippen LogP contribution in [0.4, 0.5) is 10.2 Å². The van der Waals surface area contributed by atoms with Gasteiger partial charge in [0.05, 0.1) is 6.54 Å². The van der Waals surface area contributed by atoms with Gasteiger partial charge >= 0.3 is 0 Å². The molecule has 172 valence electrons. The highest BCUT2D eigenvalue weighted by Gasteiger charge is 2.32. The molecular weight excluding hydrogens is 425 g/mol. The number of hydrogen-bond donors (Lipinski definition) is 1. The Balaban J connectivity index is 1.34. The van der Waals surface area contributed by atoms with Crippen LogP contribution in [0.1, 0.15) is 36.8 Å². The third kappa shape index (κ3) is 5.60. The van der Waals surface area contributed by atoms with Gasteiger partial charge in [-0.05, 0) is 55.2 Å². The van der Waals surface area contributed by atoms with Gasteiger partial charge in [0.15, 0.2) is 0 Å². The summed E-state index contributed by atoms with van der Waals surface area (Å²) < 4.78 is 13.1. The fraction of sp³-hybridized carbons (Fsp3) is 0.375. The van der Waals surface area contributed by atoms with E-state index < -0.39 is 0 Å². The molecule has 2 aromatic rings. The van der Waals surface area contributed by atoms with E-state index in [2.05, 4.69) is 15.4 Å². The maximum Gasteiger partial charge on any atom is 0.270 e. The number of hydrazone groups is 1. The standard InChI is InChI=1S/C24H26FN5O3/c1-16-8-11-26-21(14-16)27-23(32)18-9-12-29(13-10-18)24(33)20-6-7-22(31)30(28-20)15-17-2-4-19(25)5-3-17/h2-5,8,11,14,18H,6-7,9-10,12-13,15H2,1H3,(H,26,27,32). The van der Waals surface area contributed by atoms with Crippen LogP contribution in [0.3, 0.4) is 0 Å². The molecule has 9 heteroatoms. The maximum absolute atomic E-state index is 13.1. The number of nitrogens with zero attached hydrogens (tertiary/aromatic N) is 4. The molecule has 0 atom stereocenters. The van der Waals surface area contributed by atoms with Crippen molar-refractivity contribution in [3.63, 3.8) is 0 Å². The topological polar surface area (TPSA) is 95.0 Å². The minimum absolute atomic E-state index is 0.0914. The summed E-state index contributed by atoms with van der Waals surface area (Å²) in [5.41, 5.74) is 2.08. The molecule has 8 nitrogen and oxygen atoms in total. The van der Waals surface area contributed by atoms with Gasteiger partial charge in [0, 0.05) is 38.0 Å². The van der Waals surface area contributed by atoms with Crippen LogP contribution in [0.2, 0.25) is 0 Å². The molecule has 2 aliphatic rings. The second-order valence-corrected chi connectivity index (χ2v) is 8.40. The second-order valence-electron chi connectivity index (χ2n) is 8.40. The summed E-state index contributed by atoms with van der Waals surface area (Å²) in [6, 6.07) is 9.52. The van der Waals surface area contributed by atoms with Crippen LogP contribution in [-0.4, -0.2) is 51.4 Å². The highest BCUT2D eigenvalue weighted by Crippen LogP contribution is 2.21. The van der Waals surface area contributed by atoms with Gasteiger partial charge in [0.2, 0.25) is 11.8 Å². The quantitative estimate of drug-likeness (QED) is 0.756. The van der Waals surface area contributed by atoms with E-state index in [0.29, 0.717) is 37.5 Å². The number of halogens is 1. The molecule has 1 aromatic heterocycles. The Morgan fingerprint density at radius 2 is 1.85 bits per heavy atom. The number of amides is 3. The number of benzene rings is 1. The number of rotatable bonds is 5. The lowest BCUT2D eigenvalue weighted by molar-refractivity contribution is -0.133. The largest absolute Gasteiger partial charge is 0.337 e. The number of carbonyl (C=O) groups is 3. The molecule has 1 saturated heterocycles. The molecule has 4 rings (SSSR count). The van der Waals surface area contributed by atoms with Gasteiger partial charge in [0.25, 0.3) is 5.91 Å². The number of piperidine rings is 1. The zero-order chi connectivity index (χ0) is 23.4. The highest BCUT2D eigenvalue weighted by atomic mass is 19.1. The van der Waals surface area contributed by atoms with Crippen molar-refractivity contribution in [2.45, 2.75) is 39.2 Å². The number of aromatic nitrogens is 1. The molecule has 0 saturated carbocycles. The predicted octanol–water partition coefficient (Wildman–Crippen LogP) is 2.88. The molecule has 1 aromatic carbocycles. The number of likely N-dealkylation sites (tertiary alicyclic amines) is 1. The van der Waals surface area contributed by atoms with E-state index in [4.69, 9.17) is 0 Å². The minimum Gasteiger partial charge on any atom is -0.337 e. The van der Waals surface area contributed by atoms with Crippen LogP contribution in [0.15, 0.2) is 47.7 Å². The number of pyridine rings is 1. The lowest BCUT2D eigenvalue weighted by Gasteiger charge is -2.32.